The third kappa shape index (κ3) is 14.1. The van der Waals surface area contributed by atoms with E-state index in [4.69, 9.17) is 15.5 Å². The average molecular weight is 251 g/mol. The molecule has 0 heterocycles. The fourth-order valence-corrected chi connectivity index (χ4v) is 2.34. The molecule has 0 saturated carbocycles. The van der Waals surface area contributed by atoms with Gasteiger partial charge in [0.25, 0.3) is 0 Å². The molecule has 0 fully saturated rings. The quantitative estimate of drug-likeness (QED) is 0.389. The standard InChI is InChI=1S/C11H26NO3P/c12-10-8-6-4-2-1-3-5-7-9-11-16(13,14)15/h1-12H2,(H2,13,14,15). The van der Waals surface area contributed by atoms with E-state index in [1.54, 1.807) is 0 Å². The smallest absolute Gasteiger partial charge is 0.325 e. The molecule has 0 saturated heterocycles. The van der Waals surface area contributed by atoms with Gasteiger partial charge >= 0.3 is 7.60 Å². The molecule has 0 spiro atoms. The highest BCUT2D eigenvalue weighted by Gasteiger charge is 2.10. The zero-order chi connectivity index (χ0) is 12.3. The third-order valence-electron chi connectivity index (χ3n) is 2.65. The maximum absolute atomic E-state index is 10.6. The Labute approximate surface area is 98.8 Å². The zero-order valence-electron chi connectivity index (χ0n) is 10.1. The summed E-state index contributed by atoms with van der Waals surface area (Å²) in [6.45, 7) is 0.794. The number of hydrogen-bond donors (Lipinski definition) is 3. The minimum absolute atomic E-state index is 0.0451. The normalized spacial score (nSPS) is 11.9. The number of unbranched alkanes of at least 4 members (excludes halogenated alkanes) is 8. The third-order valence-corrected chi connectivity index (χ3v) is 3.55. The molecule has 0 aromatic carbocycles. The van der Waals surface area contributed by atoms with Crippen LogP contribution in [0.1, 0.15) is 57.8 Å². The van der Waals surface area contributed by atoms with Crippen LogP contribution in [0.5, 0.6) is 0 Å². The van der Waals surface area contributed by atoms with Crippen molar-refractivity contribution < 1.29 is 14.4 Å². The van der Waals surface area contributed by atoms with Crippen LogP contribution in [0.25, 0.3) is 0 Å². The van der Waals surface area contributed by atoms with Gasteiger partial charge in [0.15, 0.2) is 0 Å². The Hall–Kier alpha value is 0.110. The fourth-order valence-electron chi connectivity index (χ4n) is 1.70. The van der Waals surface area contributed by atoms with Crippen LogP contribution >= 0.6 is 7.60 Å². The van der Waals surface area contributed by atoms with Crippen LogP contribution in [0.2, 0.25) is 0 Å². The largest absolute Gasteiger partial charge is 0.330 e. The van der Waals surface area contributed by atoms with Gasteiger partial charge in [-0.3, -0.25) is 4.57 Å². The lowest BCUT2D eigenvalue weighted by atomic mass is 10.1. The molecule has 4 nitrogen and oxygen atoms in total. The summed E-state index contributed by atoms with van der Waals surface area (Å²) in [6, 6.07) is 0. The van der Waals surface area contributed by atoms with Crippen molar-refractivity contribution in [2.75, 3.05) is 12.7 Å². The first-order chi connectivity index (χ1) is 7.56. The van der Waals surface area contributed by atoms with Crippen LogP contribution in [0.3, 0.4) is 0 Å². The highest BCUT2D eigenvalue weighted by Crippen LogP contribution is 2.35. The molecule has 0 bridgehead atoms. The molecule has 0 atom stereocenters. The average Bonchev–Trinajstić information content (AvgIpc) is 2.19. The summed E-state index contributed by atoms with van der Waals surface area (Å²) in [7, 11) is -3.75. The van der Waals surface area contributed by atoms with Crippen LogP contribution in [0.15, 0.2) is 0 Å². The molecule has 5 heteroatoms. The van der Waals surface area contributed by atoms with Crippen molar-refractivity contribution in [1.82, 2.24) is 0 Å². The van der Waals surface area contributed by atoms with Gasteiger partial charge in [-0.1, -0.05) is 44.9 Å². The lowest BCUT2D eigenvalue weighted by Crippen LogP contribution is -1.97. The highest BCUT2D eigenvalue weighted by molar-refractivity contribution is 7.51. The van der Waals surface area contributed by atoms with Crippen molar-refractivity contribution in [3.63, 3.8) is 0 Å². The molecule has 0 aliphatic heterocycles. The molecule has 0 unspecified atom stereocenters. The van der Waals surface area contributed by atoms with Crippen molar-refractivity contribution in [3.8, 4) is 0 Å². The monoisotopic (exact) mass is 251 g/mol. The lowest BCUT2D eigenvalue weighted by Gasteiger charge is -2.03. The summed E-state index contributed by atoms with van der Waals surface area (Å²) in [6.07, 6.45) is 10.0. The maximum Gasteiger partial charge on any atom is 0.325 e. The number of hydrogen-bond acceptors (Lipinski definition) is 2. The van der Waals surface area contributed by atoms with E-state index in [1.165, 1.54) is 32.1 Å². The van der Waals surface area contributed by atoms with Crippen molar-refractivity contribution in [2.24, 2.45) is 5.73 Å². The van der Waals surface area contributed by atoms with Gasteiger partial charge in [-0.05, 0) is 19.4 Å². The van der Waals surface area contributed by atoms with Gasteiger partial charge < -0.3 is 15.5 Å². The lowest BCUT2D eigenvalue weighted by molar-refractivity contribution is 0.370. The van der Waals surface area contributed by atoms with Gasteiger partial charge in [0.1, 0.15) is 0 Å². The second kappa shape index (κ2) is 10.3. The van der Waals surface area contributed by atoms with E-state index in [2.05, 4.69) is 0 Å². The zero-order valence-corrected chi connectivity index (χ0v) is 11.0. The van der Waals surface area contributed by atoms with Crippen LogP contribution < -0.4 is 5.73 Å². The van der Waals surface area contributed by atoms with E-state index in [0.29, 0.717) is 6.42 Å². The first kappa shape index (κ1) is 16.1. The first-order valence-corrected chi connectivity index (χ1v) is 8.10. The van der Waals surface area contributed by atoms with Gasteiger partial charge in [0.05, 0.1) is 0 Å². The van der Waals surface area contributed by atoms with E-state index in [9.17, 15) is 4.57 Å². The summed E-state index contributed by atoms with van der Waals surface area (Å²) in [5, 5.41) is 0. The van der Waals surface area contributed by atoms with Crippen molar-refractivity contribution in [1.29, 1.82) is 0 Å². The van der Waals surface area contributed by atoms with Gasteiger partial charge in [-0.15, -0.1) is 0 Å². The molecule has 0 amide bonds. The van der Waals surface area contributed by atoms with E-state index >= 15 is 0 Å². The van der Waals surface area contributed by atoms with Crippen LogP contribution in [-0.4, -0.2) is 22.5 Å². The van der Waals surface area contributed by atoms with Crippen LogP contribution in [-0.2, 0) is 4.57 Å². The molecule has 0 aliphatic carbocycles. The van der Waals surface area contributed by atoms with Gasteiger partial charge in [0.2, 0.25) is 0 Å². The van der Waals surface area contributed by atoms with Gasteiger partial charge in [-0.2, -0.15) is 0 Å². The summed E-state index contributed by atoms with van der Waals surface area (Å²) in [4.78, 5) is 17.3. The Balaban J connectivity index is 3.02. The van der Waals surface area contributed by atoms with Crippen molar-refractivity contribution in [2.45, 2.75) is 57.8 Å². The molecule has 0 rings (SSSR count). The van der Waals surface area contributed by atoms with Crippen LogP contribution in [0, 0.1) is 0 Å². The fraction of sp³-hybridized carbons (Fsp3) is 1.00. The van der Waals surface area contributed by atoms with Crippen molar-refractivity contribution in [3.05, 3.63) is 0 Å². The highest BCUT2D eigenvalue weighted by atomic mass is 31.2. The minimum Gasteiger partial charge on any atom is -0.330 e. The van der Waals surface area contributed by atoms with E-state index in [1.807, 2.05) is 0 Å². The summed E-state index contributed by atoms with van der Waals surface area (Å²) >= 11 is 0. The maximum atomic E-state index is 10.6. The Morgan fingerprint density at radius 1 is 0.750 bits per heavy atom. The Morgan fingerprint density at radius 3 is 1.50 bits per heavy atom. The molecule has 0 aromatic heterocycles. The SMILES string of the molecule is NCCCCCCCCCCCP(=O)(O)O. The first-order valence-electron chi connectivity index (χ1n) is 6.31. The second-order valence-corrected chi connectivity index (χ2v) is 6.14. The molecule has 0 aromatic rings. The van der Waals surface area contributed by atoms with E-state index in [-0.39, 0.29) is 6.16 Å². The second-order valence-electron chi connectivity index (χ2n) is 4.36. The molecule has 98 valence electrons. The summed E-state index contributed by atoms with van der Waals surface area (Å²) < 4.78 is 10.6. The number of nitrogens with two attached hydrogens (primary N) is 1. The van der Waals surface area contributed by atoms with Crippen LogP contribution in [0.4, 0.5) is 0 Å². The number of rotatable bonds is 11. The van der Waals surface area contributed by atoms with Gasteiger partial charge in [0, 0.05) is 6.16 Å². The Morgan fingerprint density at radius 2 is 1.12 bits per heavy atom. The summed E-state index contributed by atoms with van der Waals surface area (Å²) in [5.41, 5.74) is 5.40. The Kier molecular flexibility index (Phi) is 10.3. The topological polar surface area (TPSA) is 83.6 Å². The molecule has 0 aliphatic rings. The summed E-state index contributed by atoms with van der Waals surface area (Å²) in [5.74, 6) is 0. The van der Waals surface area contributed by atoms with E-state index < -0.39 is 7.60 Å². The molecular formula is C11H26NO3P. The van der Waals surface area contributed by atoms with E-state index in [0.717, 1.165) is 25.8 Å². The molecule has 16 heavy (non-hydrogen) atoms. The Bertz CT molecular complexity index is 194. The molecule has 0 radical (unpaired) electrons. The minimum atomic E-state index is -3.75. The molecular weight excluding hydrogens is 225 g/mol. The van der Waals surface area contributed by atoms with Crippen molar-refractivity contribution >= 4 is 7.60 Å². The predicted octanol–water partition coefficient (Wildman–Crippen LogP) is 2.63. The predicted molar refractivity (Wildman–Crippen MR) is 67.5 cm³/mol. The molecule has 4 N–H and O–H groups in total. The van der Waals surface area contributed by atoms with Gasteiger partial charge in [-0.25, -0.2) is 0 Å².